The monoisotopic (exact) mass is 409 g/mol. The number of carbonyl (C=O) groups is 2. The highest BCUT2D eigenvalue weighted by Gasteiger charge is 2.37. The Morgan fingerprint density at radius 3 is 2.54 bits per heavy atom. The van der Waals surface area contributed by atoms with Gasteiger partial charge in [0.05, 0.1) is 19.3 Å². The summed E-state index contributed by atoms with van der Waals surface area (Å²) in [5, 5.41) is 15.4. The standard InChI is InChI=1S/C20H31N3O4S/c1-15(24)16-4-5-17(28-16)20(6-2-3-7-20)14-22-19(26)18(25)21-8-9-23-10-12-27-13-11-23/h4-5,15,24H,2-3,6-14H2,1H3,(H,21,25)(H,22,26). The first-order chi connectivity index (χ1) is 13.5. The van der Waals surface area contributed by atoms with E-state index in [1.165, 1.54) is 4.88 Å². The van der Waals surface area contributed by atoms with E-state index in [9.17, 15) is 14.7 Å². The number of rotatable bonds is 7. The van der Waals surface area contributed by atoms with Crippen LogP contribution in [0, 0.1) is 0 Å². The molecule has 28 heavy (non-hydrogen) atoms. The van der Waals surface area contributed by atoms with E-state index in [1.807, 2.05) is 6.07 Å². The molecule has 2 aliphatic rings. The average molecular weight is 410 g/mol. The van der Waals surface area contributed by atoms with Crippen molar-refractivity contribution in [3.8, 4) is 0 Å². The second kappa shape index (κ2) is 9.82. The molecule has 0 radical (unpaired) electrons. The van der Waals surface area contributed by atoms with E-state index in [2.05, 4.69) is 21.6 Å². The van der Waals surface area contributed by atoms with Crippen LogP contribution in [0.2, 0.25) is 0 Å². The lowest BCUT2D eigenvalue weighted by Gasteiger charge is -2.28. The minimum Gasteiger partial charge on any atom is -0.388 e. The van der Waals surface area contributed by atoms with Crippen molar-refractivity contribution >= 4 is 23.2 Å². The number of carbonyl (C=O) groups excluding carboxylic acids is 2. The number of nitrogens with zero attached hydrogens (tertiary/aromatic N) is 1. The molecule has 0 spiro atoms. The Hall–Kier alpha value is -1.48. The molecular weight excluding hydrogens is 378 g/mol. The lowest BCUT2D eigenvalue weighted by atomic mass is 9.84. The van der Waals surface area contributed by atoms with E-state index in [1.54, 1.807) is 18.3 Å². The topological polar surface area (TPSA) is 90.9 Å². The van der Waals surface area contributed by atoms with Crippen molar-refractivity contribution in [1.29, 1.82) is 0 Å². The van der Waals surface area contributed by atoms with Gasteiger partial charge in [-0.2, -0.15) is 0 Å². The van der Waals surface area contributed by atoms with Crippen LogP contribution in [-0.2, 0) is 19.7 Å². The van der Waals surface area contributed by atoms with Crippen molar-refractivity contribution in [2.24, 2.45) is 0 Å². The third-order valence-corrected chi connectivity index (χ3v) is 7.23. The molecule has 3 N–H and O–H groups in total. The zero-order valence-corrected chi connectivity index (χ0v) is 17.4. The summed E-state index contributed by atoms with van der Waals surface area (Å²) in [4.78, 5) is 28.7. The molecule has 1 saturated heterocycles. The minimum atomic E-state index is -0.572. The fourth-order valence-electron chi connectivity index (χ4n) is 3.99. The molecule has 1 unspecified atom stereocenters. The number of hydrogen-bond acceptors (Lipinski definition) is 6. The Kier molecular flexibility index (Phi) is 7.45. The van der Waals surface area contributed by atoms with E-state index >= 15 is 0 Å². The summed E-state index contributed by atoms with van der Waals surface area (Å²) in [7, 11) is 0. The highest BCUT2D eigenvalue weighted by Crippen LogP contribution is 2.44. The summed E-state index contributed by atoms with van der Waals surface area (Å²) in [6.07, 6.45) is 3.73. The number of aliphatic hydroxyl groups is 1. The van der Waals surface area contributed by atoms with Crippen LogP contribution >= 0.6 is 11.3 Å². The second-order valence-corrected chi connectivity index (χ2v) is 8.87. The van der Waals surface area contributed by atoms with Crippen molar-refractivity contribution in [2.75, 3.05) is 45.9 Å². The van der Waals surface area contributed by atoms with Crippen LogP contribution in [0.25, 0.3) is 0 Å². The van der Waals surface area contributed by atoms with Gasteiger partial charge >= 0.3 is 11.8 Å². The first-order valence-electron chi connectivity index (χ1n) is 10.1. The van der Waals surface area contributed by atoms with Crippen LogP contribution in [0.3, 0.4) is 0 Å². The van der Waals surface area contributed by atoms with Gasteiger partial charge in [0.1, 0.15) is 0 Å². The number of ether oxygens (including phenoxy) is 1. The van der Waals surface area contributed by atoms with Gasteiger partial charge in [0.2, 0.25) is 0 Å². The maximum absolute atomic E-state index is 12.3. The quantitative estimate of drug-likeness (QED) is 0.589. The smallest absolute Gasteiger partial charge is 0.309 e. The van der Waals surface area contributed by atoms with Gasteiger partial charge in [0.15, 0.2) is 0 Å². The molecule has 8 heteroatoms. The van der Waals surface area contributed by atoms with Gasteiger partial charge in [0, 0.05) is 47.9 Å². The molecule has 7 nitrogen and oxygen atoms in total. The number of amides is 2. The van der Waals surface area contributed by atoms with Gasteiger partial charge < -0.3 is 20.5 Å². The molecular formula is C20H31N3O4S. The molecule has 1 aliphatic heterocycles. The molecule has 1 saturated carbocycles. The fraction of sp³-hybridized carbons (Fsp3) is 0.700. The zero-order chi connectivity index (χ0) is 20.0. The Balaban J connectivity index is 1.48. The molecule has 156 valence electrons. The van der Waals surface area contributed by atoms with Crippen molar-refractivity contribution in [3.63, 3.8) is 0 Å². The lowest BCUT2D eigenvalue weighted by molar-refractivity contribution is -0.139. The van der Waals surface area contributed by atoms with Gasteiger partial charge in [-0.3, -0.25) is 14.5 Å². The molecule has 0 bridgehead atoms. The predicted molar refractivity (Wildman–Crippen MR) is 108 cm³/mol. The molecule has 2 fully saturated rings. The van der Waals surface area contributed by atoms with E-state index < -0.39 is 17.9 Å². The Labute approximate surface area is 170 Å². The van der Waals surface area contributed by atoms with Crippen molar-refractivity contribution in [2.45, 2.75) is 44.1 Å². The van der Waals surface area contributed by atoms with Crippen LogP contribution in [0.15, 0.2) is 12.1 Å². The van der Waals surface area contributed by atoms with Gasteiger partial charge in [0.25, 0.3) is 0 Å². The molecule has 2 amide bonds. The van der Waals surface area contributed by atoms with Gasteiger partial charge in [-0.15, -0.1) is 11.3 Å². The van der Waals surface area contributed by atoms with Crippen LogP contribution in [0.1, 0.15) is 48.5 Å². The van der Waals surface area contributed by atoms with Crippen molar-refractivity contribution in [1.82, 2.24) is 15.5 Å². The summed E-state index contributed by atoms with van der Waals surface area (Å²) in [5.74, 6) is -1.14. The van der Waals surface area contributed by atoms with Crippen LogP contribution in [0.5, 0.6) is 0 Å². The van der Waals surface area contributed by atoms with E-state index in [-0.39, 0.29) is 5.41 Å². The zero-order valence-electron chi connectivity index (χ0n) is 16.5. The Bertz CT molecular complexity index is 664. The summed E-state index contributed by atoms with van der Waals surface area (Å²) in [6, 6.07) is 4.03. The number of morpholine rings is 1. The number of aliphatic hydroxyl groups excluding tert-OH is 1. The van der Waals surface area contributed by atoms with Crippen LogP contribution in [0.4, 0.5) is 0 Å². The maximum atomic E-state index is 12.3. The van der Waals surface area contributed by atoms with Gasteiger partial charge in [-0.25, -0.2) is 0 Å². The largest absolute Gasteiger partial charge is 0.388 e. The number of thiophene rings is 1. The maximum Gasteiger partial charge on any atom is 0.309 e. The fourth-order valence-corrected chi connectivity index (χ4v) is 5.18. The molecule has 0 aromatic carbocycles. The van der Waals surface area contributed by atoms with Crippen molar-refractivity contribution < 1.29 is 19.4 Å². The molecule has 1 aromatic rings. The summed E-state index contributed by atoms with van der Waals surface area (Å²) < 4.78 is 5.30. The predicted octanol–water partition coefficient (Wildman–Crippen LogP) is 1.18. The summed E-state index contributed by atoms with van der Waals surface area (Å²) >= 11 is 1.61. The third kappa shape index (κ3) is 5.31. The first kappa shape index (κ1) is 21.2. The summed E-state index contributed by atoms with van der Waals surface area (Å²) in [5.41, 5.74) is -0.123. The molecule has 1 atom stereocenters. The Morgan fingerprint density at radius 1 is 1.21 bits per heavy atom. The van der Waals surface area contributed by atoms with Gasteiger partial charge in [-0.05, 0) is 31.9 Å². The van der Waals surface area contributed by atoms with Gasteiger partial charge in [-0.1, -0.05) is 12.8 Å². The van der Waals surface area contributed by atoms with E-state index in [0.717, 1.165) is 63.4 Å². The van der Waals surface area contributed by atoms with Crippen LogP contribution in [-0.4, -0.2) is 67.8 Å². The lowest BCUT2D eigenvalue weighted by Crippen LogP contribution is -2.47. The third-order valence-electron chi connectivity index (χ3n) is 5.73. The molecule has 1 aliphatic carbocycles. The highest BCUT2D eigenvalue weighted by molar-refractivity contribution is 7.12. The molecule has 2 heterocycles. The van der Waals surface area contributed by atoms with Crippen LogP contribution < -0.4 is 10.6 Å². The first-order valence-corrected chi connectivity index (χ1v) is 11.0. The normalized spacial score (nSPS) is 20.6. The molecule has 3 rings (SSSR count). The highest BCUT2D eigenvalue weighted by atomic mass is 32.1. The number of hydrogen-bond donors (Lipinski definition) is 3. The molecule has 1 aromatic heterocycles. The minimum absolute atomic E-state index is 0.123. The van der Waals surface area contributed by atoms with Crippen molar-refractivity contribution in [3.05, 3.63) is 21.9 Å². The van der Waals surface area contributed by atoms with E-state index in [4.69, 9.17) is 4.74 Å². The van der Waals surface area contributed by atoms with E-state index in [0.29, 0.717) is 13.1 Å². The average Bonchev–Trinajstić information content (AvgIpc) is 3.37. The second-order valence-electron chi connectivity index (χ2n) is 7.76. The number of nitrogens with one attached hydrogen (secondary N) is 2. The Morgan fingerprint density at radius 2 is 1.89 bits per heavy atom. The SMILES string of the molecule is CC(O)c1ccc(C2(CNC(=O)C(=O)NCCN3CCOCC3)CCCC2)s1. The summed E-state index contributed by atoms with van der Waals surface area (Å²) in [6.45, 7) is 6.57.